The van der Waals surface area contributed by atoms with Crippen LogP contribution in [0.25, 0.3) is 11.1 Å². The first-order valence-electron chi connectivity index (χ1n) is 7.10. The quantitative estimate of drug-likeness (QED) is 0.841. The van der Waals surface area contributed by atoms with Crippen molar-refractivity contribution in [3.8, 4) is 11.1 Å². The molecule has 0 heterocycles. The fourth-order valence-corrected chi connectivity index (χ4v) is 2.44. The van der Waals surface area contributed by atoms with E-state index in [0.29, 0.717) is 5.92 Å². The third-order valence-electron chi connectivity index (χ3n) is 3.49. The van der Waals surface area contributed by atoms with Gasteiger partial charge in [0.15, 0.2) is 0 Å². The van der Waals surface area contributed by atoms with E-state index in [2.05, 4.69) is 62.4 Å². The van der Waals surface area contributed by atoms with E-state index in [-0.39, 0.29) is 0 Å². The predicted octanol–water partition coefficient (Wildman–Crippen LogP) is 4.37. The third-order valence-corrected chi connectivity index (χ3v) is 3.49. The predicted molar refractivity (Wildman–Crippen MR) is 83.3 cm³/mol. The number of hydrogen-bond donors (Lipinski definition) is 1. The van der Waals surface area contributed by atoms with Crippen LogP contribution < -0.4 is 5.73 Å². The molecule has 0 saturated heterocycles. The van der Waals surface area contributed by atoms with Crippen molar-refractivity contribution < 1.29 is 0 Å². The molecular weight excluding hydrogens is 230 g/mol. The largest absolute Gasteiger partial charge is 0.330 e. The van der Waals surface area contributed by atoms with Crippen LogP contribution in [0.2, 0.25) is 0 Å². The molecule has 2 rings (SSSR count). The zero-order valence-electron chi connectivity index (χ0n) is 11.9. The fourth-order valence-electron chi connectivity index (χ4n) is 2.44. The molecule has 0 aromatic heterocycles. The first-order chi connectivity index (χ1) is 9.22. The van der Waals surface area contributed by atoms with Crippen molar-refractivity contribution in [2.45, 2.75) is 32.6 Å². The van der Waals surface area contributed by atoms with E-state index in [0.717, 1.165) is 19.4 Å². The molecule has 0 unspecified atom stereocenters. The van der Waals surface area contributed by atoms with Gasteiger partial charge in [-0.2, -0.15) is 0 Å². The Labute approximate surface area is 116 Å². The van der Waals surface area contributed by atoms with Gasteiger partial charge in [0.25, 0.3) is 0 Å². The SMILES string of the molecule is CC(C)c1ccc(CCCN)cc1-c1ccccc1. The van der Waals surface area contributed by atoms with E-state index in [1.807, 2.05) is 0 Å². The number of aryl methyl sites for hydroxylation is 1. The minimum atomic E-state index is 0.541. The van der Waals surface area contributed by atoms with Gasteiger partial charge in [-0.3, -0.25) is 0 Å². The summed E-state index contributed by atoms with van der Waals surface area (Å²) in [6.07, 6.45) is 2.12. The van der Waals surface area contributed by atoms with Crippen LogP contribution in [0.3, 0.4) is 0 Å². The van der Waals surface area contributed by atoms with Crippen molar-refractivity contribution in [1.29, 1.82) is 0 Å². The Bertz CT molecular complexity index is 514. The minimum absolute atomic E-state index is 0.541. The van der Waals surface area contributed by atoms with Crippen molar-refractivity contribution in [3.05, 3.63) is 59.7 Å². The number of nitrogens with two attached hydrogens (primary N) is 1. The molecule has 0 aliphatic rings. The van der Waals surface area contributed by atoms with Crippen molar-refractivity contribution in [1.82, 2.24) is 0 Å². The summed E-state index contributed by atoms with van der Waals surface area (Å²) < 4.78 is 0. The van der Waals surface area contributed by atoms with Crippen LogP contribution in [0.5, 0.6) is 0 Å². The highest BCUT2D eigenvalue weighted by Crippen LogP contribution is 2.30. The molecule has 0 fully saturated rings. The normalized spacial score (nSPS) is 10.9. The summed E-state index contributed by atoms with van der Waals surface area (Å²) in [6.45, 7) is 5.26. The van der Waals surface area contributed by atoms with Gasteiger partial charge >= 0.3 is 0 Å². The molecule has 0 radical (unpaired) electrons. The van der Waals surface area contributed by atoms with Gasteiger partial charge in [0.2, 0.25) is 0 Å². The van der Waals surface area contributed by atoms with Gasteiger partial charge in [-0.15, -0.1) is 0 Å². The summed E-state index contributed by atoms with van der Waals surface area (Å²) in [5, 5.41) is 0. The van der Waals surface area contributed by atoms with Crippen LogP contribution in [0.15, 0.2) is 48.5 Å². The molecule has 19 heavy (non-hydrogen) atoms. The Morgan fingerprint density at radius 2 is 1.74 bits per heavy atom. The lowest BCUT2D eigenvalue weighted by Gasteiger charge is -2.15. The smallest absolute Gasteiger partial charge is 0.00741 e. The highest BCUT2D eigenvalue weighted by Gasteiger charge is 2.09. The van der Waals surface area contributed by atoms with Crippen LogP contribution in [0.4, 0.5) is 0 Å². The van der Waals surface area contributed by atoms with E-state index in [1.54, 1.807) is 0 Å². The molecule has 1 nitrogen and oxygen atoms in total. The minimum Gasteiger partial charge on any atom is -0.330 e. The van der Waals surface area contributed by atoms with E-state index >= 15 is 0 Å². The average molecular weight is 253 g/mol. The maximum Gasteiger partial charge on any atom is -0.00741 e. The maximum absolute atomic E-state index is 5.60. The monoisotopic (exact) mass is 253 g/mol. The van der Waals surface area contributed by atoms with Gasteiger partial charge in [-0.05, 0) is 47.6 Å². The van der Waals surface area contributed by atoms with Crippen molar-refractivity contribution >= 4 is 0 Å². The van der Waals surface area contributed by atoms with Crippen molar-refractivity contribution in [2.24, 2.45) is 5.73 Å². The van der Waals surface area contributed by atoms with Gasteiger partial charge in [-0.25, -0.2) is 0 Å². The van der Waals surface area contributed by atoms with Crippen LogP contribution >= 0.6 is 0 Å². The summed E-state index contributed by atoms with van der Waals surface area (Å²) in [7, 11) is 0. The third kappa shape index (κ3) is 3.45. The Morgan fingerprint density at radius 1 is 1.00 bits per heavy atom. The number of benzene rings is 2. The molecule has 0 amide bonds. The van der Waals surface area contributed by atoms with E-state index in [9.17, 15) is 0 Å². The molecule has 100 valence electrons. The molecule has 0 saturated carbocycles. The second-order valence-corrected chi connectivity index (χ2v) is 5.33. The molecule has 0 bridgehead atoms. The first kappa shape index (κ1) is 13.8. The van der Waals surface area contributed by atoms with Crippen LogP contribution in [-0.4, -0.2) is 6.54 Å². The summed E-state index contributed by atoms with van der Waals surface area (Å²) in [6, 6.07) is 17.5. The molecule has 2 N–H and O–H groups in total. The molecule has 0 aliphatic carbocycles. The Kier molecular flexibility index (Phi) is 4.75. The molecular formula is C18H23N. The molecule has 0 aliphatic heterocycles. The number of hydrogen-bond acceptors (Lipinski definition) is 1. The van der Waals surface area contributed by atoms with Gasteiger partial charge in [0, 0.05) is 0 Å². The highest BCUT2D eigenvalue weighted by molar-refractivity contribution is 5.68. The van der Waals surface area contributed by atoms with Crippen LogP contribution in [-0.2, 0) is 6.42 Å². The zero-order valence-corrected chi connectivity index (χ0v) is 11.9. The summed E-state index contributed by atoms with van der Waals surface area (Å²) in [5.74, 6) is 0.541. The Morgan fingerprint density at radius 3 is 2.37 bits per heavy atom. The lowest BCUT2D eigenvalue weighted by molar-refractivity contribution is 0.828. The second-order valence-electron chi connectivity index (χ2n) is 5.33. The fraction of sp³-hybridized carbons (Fsp3) is 0.333. The van der Waals surface area contributed by atoms with E-state index in [1.165, 1.54) is 22.3 Å². The van der Waals surface area contributed by atoms with Crippen LogP contribution in [0.1, 0.15) is 37.3 Å². The van der Waals surface area contributed by atoms with Gasteiger partial charge < -0.3 is 5.73 Å². The Hall–Kier alpha value is -1.60. The Balaban J connectivity index is 2.42. The van der Waals surface area contributed by atoms with Gasteiger partial charge in [0.05, 0.1) is 0 Å². The molecule has 1 heteroatoms. The van der Waals surface area contributed by atoms with E-state index < -0.39 is 0 Å². The van der Waals surface area contributed by atoms with Gasteiger partial charge in [0.1, 0.15) is 0 Å². The summed E-state index contributed by atoms with van der Waals surface area (Å²) in [4.78, 5) is 0. The zero-order chi connectivity index (χ0) is 13.7. The maximum atomic E-state index is 5.60. The van der Waals surface area contributed by atoms with Crippen molar-refractivity contribution in [2.75, 3.05) is 6.54 Å². The lowest BCUT2D eigenvalue weighted by atomic mass is 9.90. The highest BCUT2D eigenvalue weighted by atomic mass is 14.5. The van der Waals surface area contributed by atoms with E-state index in [4.69, 9.17) is 5.73 Å². The molecule has 2 aromatic rings. The lowest BCUT2D eigenvalue weighted by Crippen LogP contribution is -2.01. The van der Waals surface area contributed by atoms with Gasteiger partial charge in [-0.1, -0.05) is 62.4 Å². The topological polar surface area (TPSA) is 26.0 Å². The molecule has 0 spiro atoms. The average Bonchev–Trinajstić information content (AvgIpc) is 2.45. The molecule has 2 aromatic carbocycles. The standard InChI is InChI=1S/C18H23N/c1-14(2)17-11-10-15(7-6-12-19)13-18(17)16-8-4-3-5-9-16/h3-5,8-11,13-14H,6-7,12,19H2,1-2H3. The second kappa shape index (κ2) is 6.53. The summed E-state index contributed by atoms with van der Waals surface area (Å²) >= 11 is 0. The van der Waals surface area contributed by atoms with Crippen LogP contribution in [0, 0.1) is 0 Å². The number of rotatable bonds is 5. The summed E-state index contributed by atoms with van der Waals surface area (Å²) in [5.41, 5.74) is 11.1. The first-order valence-corrected chi connectivity index (χ1v) is 7.10. The van der Waals surface area contributed by atoms with Crippen molar-refractivity contribution in [3.63, 3.8) is 0 Å². The molecule has 0 atom stereocenters.